The highest BCUT2D eigenvalue weighted by Crippen LogP contribution is 2.03. The number of nitrogens with one attached hydrogen (secondary N) is 1. The summed E-state index contributed by atoms with van der Waals surface area (Å²) in [5.41, 5.74) is 2.88. The minimum atomic E-state index is 1.21. The molecule has 0 spiro atoms. The van der Waals surface area contributed by atoms with Gasteiger partial charge < -0.3 is 4.90 Å². The van der Waals surface area contributed by atoms with Crippen LogP contribution in [0.15, 0.2) is 24.3 Å². The van der Waals surface area contributed by atoms with Gasteiger partial charge in [0.25, 0.3) is 0 Å². The highest BCUT2D eigenvalue weighted by atomic mass is 32.2. The highest BCUT2D eigenvalue weighted by molar-refractivity contribution is 7.99. The average molecular weight is 208 g/mol. The summed E-state index contributed by atoms with van der Waals surface area (Å²) in [6, 6.07) is 8.91. The lowest BCUT2D eigenvalue weighted by Gasteiger charge is -2.23. The topological polar surface area (TPSA) is 4.44 Å². The molecule has 0 bridgehead atoms. The van der Waals surface area contributed by atoms with Crippen molar-refractivity contribution in [2.45, 2.75) is 13.5 Å². The van der Waals surface area contributed by atoms with Gasteiger partial charge in [0.05, 0.1) is 13.1 Å². The number of hydrogen-bond donors (Lipinski definition) is 1. The summed E-state index contributed by atoms with van der Waals surface area (Å²) >= 11 is 2.09. The zero-order valence-corrected chi connectivity index (χ0v) is 9.57. The first kappa shape index (κ1) is 10.1. The third-order valence-corrected chi connectivity index (χ3v) is 3.72. The predicted molar refractivity (Wildman–Crippen MR) is 62.9 cm³/mol. The van der Waals surface area contributed by atoms with Crippen molar-refractivity contribution in [1.29, 1.82) is 0 Å². The minimum Gasteiger partial charge on any atom is -0.330 e. The molecule has 1 nitrogen and oxygen atoms in total. The van der Waals surface area contributed by atoms with Crippen LogP contribution in [0.4, 0.5) is 0 Å². The summed E-state index contributed by atoms with van der Waals surface area (Å²) < 4.78 is 0. The molecule has 1 aromatic carbocycles. The lowest BCUT2D eigenvalue weighted by Crippen LogP contribution is -3.12. The second kappa shape index (κ2) is 4.85. The molecule has 0 atom stereocenters. The first-order chi connectivity index (χ1) is 6.84. The van der Waals surface area contributed by atoms with Crippen LogP contribution in [-0.2, 0) is 6.54 Å². The van der Waals surface area contributed by atoms with E-state index < -0.39 is 0 Å². The van der Waals surface area contributed by atoms with E-state index in [0.717, 1.165) is 0 Å². The molecule has 0 saturated carbocycles. The third-order valence-electron chi connectivity index (χ3n) is 2.74. The molecule has 0 aromatic heterocycles. The molecule has 1 fully saturated rings. The molecule has 0 unspecified atom stereocenters. The van der Waals surface area contributed by atoms with E-state index >= 15 is 0 Å². The molecular formula is C12H18NS+. The van der Waals surface area contributed by atoms with Crippen molar-refractivity contribution in [3.8, 4) is 0 Å². The average Bonchev–Trinajstić information content (AvgIpc) is 2.19. The van der Waals surface area contributed by atoms with Crippen molar-refractivity contribution in [2.24, 2.45) is 0 Å². The molecule has 1 aliphatic rings. The molecule has 2 heteroatoms. The Bertz CT molecular complexity index is 292. The van der Waals surface area contributed by atoms with E-state index in [2.05, 4.69) is 43.0 Å². The van der Waals surface area contributed by atoms with E-state index in [1.165, 1.54) is 42.3 Å². The van der Waals surface area contributed by atoms with Gasteiger partial charge in [-0.1, -0.05) is 29.8 Å². The Balaban J connectivity index is 1.95. The van der Waals surface area contributed by atoms with Crippen molar-refractivity contribution >= 4 is 11.8 Å². The van der Waals surface area contributed by atoms with Gasteiger partial charge in [0.2, 0.25) is 0 Å². The van der Waals surface area contributed by atoms with Crippen LogP contribution < -0.4 is 4.90 Å². The molecule has 2 rings (SSSR count). The normalized spacial score (nSPS) is 18.4. The zero-order valence-electron chi connectivity index (χ0n) is 8.75. The van der Waals surface area contributed by atoms with E-state index in [1.807, 2.05) is 0 Å². The molecule has 1 N–H and O–H groups in total. The van der Waals surface area contributed by atoms with Gasteiger partial charge in [-0.3, -0.25) is 0 Å². The summed E-state index contributed by atoms with van der Waals surface area (Å²) in [6.45, 7) is 6.05. The van der Waals surface area contributed by atoms with E-state index in [4.69, 9.17) is 0 Å². The molecule has 1 aromatic rings. The Hall–Kier alpha value is -0.470. The van der Waals surface area contributed by atoms with Gasteiger partial charge in [0.15, 0.2) is 0 Å². The van der Waals surface area contributed by atoms with Crippen LogP contribution in [0.25, 0.3) is 0 Å². The standard InChI is InChI=1S/C12H17NS/c1-11-3-2-4-12(9-11)10-13-5-7-14-8-6-13/h2-4,9H,5-8,10H2,1H3/p+1. The monoisotopic (exact) mass is 208 g/mol. The van der Waals surface area contributed by atoms with Crippen LogP contribution in [0.3, 0.4) is 0 Å². The maximum Gasteiger partial charge on any atom is 0.103 e. The van der Waals surface area contributed by atoms with Crippen LogP contribution in [0.1, 0.15) is 11.1 Å². The summed E-state index contributed by atoms with van der Waals surface area (Å²) in [6.07, 6.45) is 0. The van der Waals surface area contributed by atoms with Crippen LogP contribution in [0.2, 0.25) is 0 Å². The number of aryl methyl sites for hydroxylation is 1. The van der Waals surface area contributed by atoms with Crippen LogP contribution in [0.5, 0.6) is 0 Å². The fourth-order valence-electron chi connectivity index (χ4n) is 1.95. The largest absolute Gasteiger partial charge is 0.330 e. The zero-order chi connectivity index (χ0) is 9.80. The summed E-state index contributed by atoms with van der Waals surface area (Å²) in [4.78, 5) is 1.74. The minimum absolute atomic E-state index is 1.21. The van der Waals surface area contributed by atoms with E-state index in [9.17, 15) is 0 Å². The van der Waals surface area contributed by atoms with Crippen molar-refractivity contribution in [2.75, 3.05) is 24.6 Å². The Labute approximate surface area is 90.5 Å². The molecule has 14 heavy (non-hydrogen) atoms. The molecule has 1 saturated heterocycles. The first-order valence-electron chi connectivity index (χ1n) is 5.31. The molecule has 0 radical (unpaired) electrons. The maximum atomic E-state index is 2.31. The van der Waals surface area contributed by atoms with Gasteiger partial charge in [0.1, 0.15) is 6.54 Å². The Morgan fingerprint density at radius 1 is 1.29 bits per heavy atom. The third kappa shape index (κ3) is 2.76. The lowest BCUT2D eigenvalue weighted by atomic mass is 10.1. The van der Waals surface area contributed by atoms with Crippen molar-refractivity contribution in [3.63, 3.8) is 0 Å². The van der Waals surface area contributed by atoms with Crippen LogP contribution in [0, 0.1) is 6.92 Å². The summed E-state index contributed by atoms with van der Waals surface area (Å²) in [5, 5.41) is 0. The number of benzene rings is 1. The number of hydrogen-bond acceptors (Lipinski definition) is 1. The molecule has 0 aliphatic carbocycles. The second-order valence-electron chi connectivity index (χ2n) is 4.03. The number of thioether (sulfide) groups is 1. The highest BCUT2D eigenvalue weighted by Gasteiger charge is 2.13. The van der Waals surface area contributed by atoms with Gasteiger partial charge in [-0.15, -0.1) is 0 Å². The quantitative estimate of drug-likeness (QED) is 0.763. The lowest BCUT2D eigenvalue weighted by molar-refractivity contribution is -0.910. The van der Waals surface area contributed by atoms with Gasteiger partial charge >= 0.3 is 0 Å². The first-order valence-corrected chi connectivity index (χ1v) is 6.47. The van der Waals surface area contributed by atoms with E-state index in [0.29, 0.717) is 0 Å². The fourth-order valence-corrected chi connectivity index (χ4v) is 3.02. The van der Waals surface area contributed by atoms with Crippen molar-refractivity contribution < 1.29 is 4.90 Å². The maximum absolute atomic E-state index is 2.31. The van der Waals surface area contributed by atoms with Crippen LogP contribution >= 0.6 is 11.8 Å². The molecule has 1 heterocycles. The number of quaternary nitrogens is 1. The smallest absolute Gasteiger partial charge is 0.103 e. The predicted octanol–water partition coefficient (Wildman–Crippen LogP) is 1.13. The molecular weight excluding hydrogens is 190 g/mol. The molecule has 0 amide bonds. The van der Waals surface area contributed by atoms with Crippen molar-refractivity contribution in [3.05, 3.63) is 35.4 Å². The van der Waals surface area contributed by atoms with Gasteiger partial charge in [-0.05, 0) is 6.92 Å². The van der Waals surface area contributed by atoms with Crippen molar-refractivity contribution in [1.82, 2.24) is 0 Å². The Kier molecular flexibility index (Phi) is 3.49. The van der Waals surface area contributed by atoms with Crippen LogP contribution in [-0.4, -0.2) is 24.6 Å². The SMILES string of the molecule is Cc1cccc(C[NH+]2CCSCC2)c1. The molecule has 1 aliphatic heterocycles. The second-order valence-corrected chi connectivity index (χ2v) is 5.25. The van der Waals surface area contributed by atoms with Gasteiger partial charge in [-0.2, -0.15) is 11.8 Å². The van der Waals surface area contributed by atoms with Gasteiger partial charge in [0, 0.05) is 17.1 Å². The summed E-state index contributed by atoms with van der Waals surface area (Å²) in [5.74, 6) is 2.67. The van der Waals surface area contributed by atoms with Gasteiger partial charge in [-0.25, -0.2) is 0 Å². The molecule has 76 valence electrons. The summed E-state index contributed by atoms with van der Waals surface area (Å²) in [7, 11) is 0. The van der Waals surface area contributed by atoms with E-state index in [1.54, 1.807) is 4.90 Å². The fraction of sp³-hybridized carbons (Fsp3) is 0.500. The Morgan fingerprint density at radius 2 is 2.07 bits per heavy atom. The van der Waals surface area contributed by atoms with E-state index in [-0.39, 0.29) is 0 Å². The Morgan fingerprint density at radius 3 is 2.79 bits per heavy atom. The number of rotatable bonds is 2.